The van der Waals surface area contributed by atoms with Gasteiger partial charge in [0.05, 0.1) is 0 Å². The number of nitrogens with zero attached hydrogens (tertiary/aromatic N) is 2. The fraction of sp³-hybridized carbons (Fsp3) is 0.353. The third-order valence-corrected chi connectivity index (χ3v) is 6.00. The molecule has 0 atom stereocenters. The molecule has 0 aliphatic rings. The van der Waals surface area contributed by atoms with Gasteiger partial charge in [-0.1, -0.05) is 19.9 Å². The van der Waals surface area contributed by atoms with Gasteiger partial charge in [0.2, 0.25) is 10.0 Å². The van der Waals surface area contributed by atoms with Crippen molar-refractivity contribution in [1.82, 2.24) is 8.87 Å². The number of halogens is 1. The molecule has 0 spiro atoms. The highest BCUT2D eigenvalue weighted by Gasteiger charge is 2.25. The Morgan fingerprint density at radius 1 is 1.24 bits per heavy atom. The smallest absolute Gasteiger partial charge is 0.272 e. The van der Waals surface area contributed by atoms with Crippen LogP contribution in [-0.4, -0.2) is 36.3 Å². The van der Waals surface area contributed by atoms with Crippen LogP contribution >= 0.6 is 0 Å². The molecule has 0 bridgehead atoms. The molecule has 0 aliphatic carbocycles. The minimum atomic E-state index is -3.65. The molecular formula is C17H22FN3O3S. The monoisotopic (exact) mass is 367 g/mol. The number of sulfonamides is 1. The molecule has 0 unspecified atom stereocenters. The zero-order chi connectivity index (χ0) is 18.8. The van der Waals surface area contributed by atoms with E-state index in [1.54, 1.807) is 40.0 Å². The van der Waals surface area contributed by atoms with Crippen LogP contribution in [0.3, 0.4) is 0 Å². The van der Waals surface area contributed by atoms with Crippen LogP contribution in [0.5, 0.6) is 0 Å². The van der Waals surface area contributed by atoms with Gasteiger partial charge in [0.1, 0.15) is 16.4 Å². The predicted molar refractivity (Wildman–Crippen MR) is 94.6 cm³/mol. The molecule has 136 valence electrons. The Labute approximate surface area is 147 Å². The highest BCUT2D eigenvalue weighted by molar-refractivity contribution is 7.89. The number of carbonyl (C=O) groups is 1. The second kappa shape index (κ2) is 7.37. The third kappa shape index (κ3) is 3.91. The maximum atomic E-state index is 13.6. The van der Waals surface area contributed by atoms with Crippen molar-refractivity contribution in [3.8, 4) is 0 Å². The van der Waals surface area contributed by atoms with Gasteiger partial charge in [-0.15, -0.1) is 0 Å². The van der Waals surface area contributed by atoms with E-state index >= 15 is 0 Å². The van der Waals surface area contributed by atoms with Gasteiger partial charge in [-0.3, -0.25) is 4.79 Å². The van der Waals surface area contributed by atoms with Crippen LogP contribution in [0.25, 0.3) is 0 Å². The van der Waals surface area contributed by atoms with Crippen LogP contribution in [0, 0.1) is 12.7 Å². The van der Waals surface area contributed by atoms with E-state index in [1.165, 1.54) is 27.2 Å². The lowest BCUT2D eigenvalue weighted by Gasteiger charge is -2.17. The second-order valence-electron chi connectivity index (χ2n) is 5.68. The summed E-state index contributed by atoms with van der Waals surface area (Å²) in [5.41, 5.74) is 0.957. The number of rotatable bonds is 6. The van der Waals surface area contributed by atoms with Gasteiger partial charge < -0.3 is 9.88 Å². The summed E-state index contributed by atoms with van der Waals surface area (Å²) in [5, 5.41) is 2.58. The van der Waals surface area contributed by atoms with Crippen molar-refractivity contribution in [3.05, 3.63) is 47.5 Å². The van der Waals surface area contributed by atoms with E-state index in [-0.39, 0.29) is 10.6 Å². The van der Waals surface area contributed by atoms with Crippen LogP contribution in [0.4, 0.5) is 10.1 Å². The van der Waals surface area contributed by atoms with E-state index in [2.05, 4.69) is 5.32 Å². The van der Waals surface area contributed by atoms with Crippen LogP contribution in [-0.2, 0) is 17.1 Å². The SMILES string of the molecule is CCN(CC)S(=O)(=O)c1cc(C(=O)Nc2ccc(C)c(F)c2)n(C)c1. The van der Waals surface area contributed by atoms with Crippen LogP contribution < -0.4 is 5.32 Å². The van der Waals surface area contributed by atoms with Gasteiger partial charge >= 0.3 is 0 Å². The Morgan fingerprint density at radius 3 is 2.44 bits per heavy atom. The van der Waals surface area contributed by atoms with Crippen LogP contribution in [0.15, 0.2) is 35.4 Å². The first kappa shape index (κ1) is 19.1. The summed E-state index contributed by atoms with van der Waals surface area (Å²) in [4.78, 5) is 12.5. The maximum Gasteiger partial charge on any atom is 0.272 e. The lowest BCUT2D eigenvalue weighted by Crippen LogP contribution is -2.30. The Morgan fingerprint density at radius 2 is 1.88 bits per heavy atom. The van der Waals surface area contributed by atoms with Crippen molar-refractivity contribution in [2.75, 3.05) is 18.4 Å². The predicted octanol–water partition coefficient (Wildman–Crippen LogP) is 2.76. The number of benzene rings is 1. The summed E-state index contributed by atoms with van der Waals surface area (Å²) in [7, 11) is -2.06. The van der Waals surface area contributed by atoms with Gasteiger partial charge in [-0.2, -0.15) is 4.31 Å². The van der Waals surface area contributed by atoms with Crippen molar-refractivity contribution in [2.45, 2.75) is 25.7 Å². The fourth-order valence-corrected chi connectivity index (χ4v) is 4.01. The van der Waals surface area contributed by atoms with Crippen molar-refractivity contribution >= 4 is 21.6 Å². The van der Waals surface area contributed by atoms with Gasteiger partial charge in [0, 0.05) is 32.0 Å². The largest absolute Gasteiger partial charge is 0.345 e. The topological polar surface area (TPSA) is 71.4 Å². The Bertz CT molecular complexity index is 887. The molecule has 0 saturated carbocycles. The summed E-state index contributed by atoms with van der Waals surface area (Å²) >= 11 is 0. The minimum absolute atomic E-state index is 0.0546. The Hall–Kier alpha value is -2.19. The summed E-state index contributed by atoms with van der Waals surface area (Å²) in [6.45, 7) is 5.82. The van der Waals surface area contributed by atoms with Crippen LogP contribution in [0.2, 0.25) is 0 Å². The summed E-state index contributed by atoms with van der Waals surface area (Å²) in [6.07, 6.45) is 1.40. The normalized spacial score (nSPS) is 11.8. The average Bonchev–Trinajstić information content (AvgIpc) is 2.94. The molecule has 0 radical (unpaired) electrons. The van der Waals surface area contributed by atoms with E-state index in [9.17, 15) is 17.6 Å². The zero-order valence-corrected chi connectivity index (χ0v) is 15.5. The molecule has 0 aliphatic heterocycles. The van der Waals surface area contributed by atoms with Crippen molar-refractivity contribution in [1.29, 1.82) is 0 Å². The molecule has 2 aromatic rings. The molecule has 1 aromatic carbocycles. The van der Waals surface area contributed by atoms with Crippen LogP contribution in [0.1, 0.15) is 29.9 Å². The quantitative estimate of drug-likeness (QED) is 0.853. The van der Waals surface area contributed by atoms with E-state index in [0.717, 1.165) is 0 Å². The van der Waals surface area contributed by atoms with Crippen molar-refractivity contribution in [2.24, 2.45) is 7.05 Å². The first-order valence-electron chi connectivity index (χ1n) is 7.94. The molecule has 1 aromatic heterocycles. The molecule has 1 amide bonds. The number of carbonyl (C=O) groups excluding carboxylic acids is 1. The number of amides is 1. The Balaban J connectivity index is 2.30. The van der Waals surface area contributed by atoms with E-state index in [1.807, 2.05) is 0 Å². The molecule has 2 rings (SSSR count). The third-order valence-electron chi connectivity index (χ3n) is 3.99. The molecule has 1 N–H and O–H groups in total. The van der Waals surface area contributed by atoms with E-state index in [0.29, 0.717) is 24.3 Å². The highest BCUT2D eigenvalue weighted by atomic mass is 32.2. The molecule has 25 heavy (non-hydrogen) atoms. The van der Waals surface area contributed by atoms with Gasteiger partial charge in [0.15, 0.2) is 0 Å². The molecule has 1 heterocycles. The number of anilines is 1. The number of aryl methyl sites for hydroxylation is 2. The summed E-state index contributed by atoms with van der Waals surface area (Å²) < 4.78 is 41.5. The summed E-state index contributed by atoms with van der Waals surface area (Å²) in [5.74, 6) is -0.929. The summed E-state index contributed by atoms with van der Waals surface area (Å²) in [6, 6.07) is 5.70. The maximum absolute atomic E-state index is 13.6. The van der Waals surface area contributed by atoms with E-state index in [4.69, 9.17) is 0 Å². The number of hydrogen-bond acceptors (Lipinski definition) is 3. The first-order chi connectivity index (χ1) is 11.7. The highest BCUT2D eigenvalue weighted by Crippen LogP contribution is 2.20. The zero-order valence-electron chi connectivity index (χ0n) is 14.7. The number of aromatic nitrogens is 1. The average molecular weight is 367 g/mol. The standard InChI is InChI=1S/C17H22FN3O3S/c1-5-21(6-2)25(23,24)14-10-16(20(4)11-14)17(22)19-13-8-7-12(3)15(18)9-13/h7-11H,5-6H2,1-4H3,(H,19,22). The first-order valence-corrected chi connectivity index (χ1v) is 9.38. The molecule has 0 fully saturated rings. The fourth-order valence-electron chi connectivity index (χ4n) is 2.48. The van der Waals surface area contributed by atoms with Crippen molar-refractivity contribution in [3.63, 3.8) is 0 Å². The van der Waals surface area contributed by atoms with Gasteiger partial charge in [-0.05, 0) is 30.7 Å². The second-order valence-corrected chi connectivity index (χ2v) is 7.62. The Kier molecular flexibility index (Phi) is 5.64. The molecular weight excluding hydrogens is 345 g/mol. The molecule has 6 nitrogen and oxygen atoms in total. The number of nitrogens with one attached hydrogen (secondary N) is 1. The lowest BCUT2D eigenvalue weighted by atomic mass is 10.2. The molecule has 8 heteroatoms. The van der Waals surface area contributed by atoms with Crippen molar-refractivity contribution < 1.29 is 17.6 Å². The van der Waals surface area contributed by atoms with E-state index < -0.39 is 21.7 Å². The van der Waals surface area contributed by atoms with Gasteiger partial charge in [0.25, 0.3) is 5.91 Å². The van der Waals surface area contributed by atoms with Gasteiger partial charge in [-0.25, -0.2) is 12.8 Å². The molecule has 0 saturated heterocycles. The lowest BCUT2D eigenvalue weighted by molar-refractivity contribution is 0.101. The number of hydrogen-bond donors (Lipinski definition) is 1. The minimum Gasteiger partial charge on any atom is -0.345 e.